The molecule has 1 aliphatic heterocycles. The summed E-state index contributed by atoms with van der Waals surface area (Å²) in [7, 11) is 0. The summed E-state index contributed by atoms with van der Waals surface area (Å²) in [4.78, 5) is 20.2. The Labute approximate surface area is 156 Å². The first-order chi connectivity index (χ1) is 12.7. The molecule has 144 valence electrons. The van der Waals surface area contributed by atoms with Gasteiger partial charge in [0.2, 0.25) is 0 Å². The Morgan fingerprint density at radius 3 is 2.37 bits per heavy atom. The number of rotatable bonds is 3. The highest BCUT2D eigenvalue weighted by atomic mass is 19.4. The van der Waals surface area contributed by atoms with Gasteiger partial charge < -0.3 is 4.90 Å². The fourth-order valence-electron chi connectivity index (χ4n) is 3.29. The molecule has 0 spiro atoms. The quantitative estimate of drug-likeness (QED) is 0.819. The number of carbonyl (C=O) groups is 1. The molecular weight excluding hydrogens is 355 g/mol. The number of pyridine rings is 1. The highest BCUT2D eigenvalue weighted by Gasteiger charge is 2.33. The number of aromatic nitrogens is 1. The number of piperazine rings is 1. The van der Waals surface area contributed by atoms with Gasteiger partial charge in [0, 0.05) is 32.7 Å². The Kier molecular flexibility index (Phi) is 5.51. The standard InChI is InChI=1S/C20H22F3N3O/c1-14-4-3-5-16(12-14)13-25-8-10-26(11-9-25)19(27)17-6-7-18(20(21,22)23)24-15(17)2/h3-7,12H,8-11,13H2,1-2H3. The second kappa shape index (κ2) is 7.68. The Bertz CT molecular complexity index is 827. The molecule has 0 saturated carbocycles. The van der Waals surface area contributed by atoms with Crippen molar-refractivity contribution in [3.63, 3.8) is 0 Å². The second-order valence-electron chi connectivity index (χ2n) is 6.88. The van der Waals surface area contributed by atoms with E-state index in [0.717, 1.165) is 25.7 Å². The van der Waals surface area contributed by atoms with Crippen LogP contribution >= 0.6 is 0 Å². The number of carbonyl (C=O) groups excluding carboxylic acids is 1. The maximum absolute atomic E-state index is 12.7. The summed E-state index contributed by atoms with van der Waals surface area (Å²) >= 11 is 0. The maximum Gasteiger partial charge on any atom is 0.433 e. The van der Waals surface area contributed by atoms with Crippen molar-refractivity contribution in [2.75, 3.05) is 26.2 Å². The lowest BCUT2D eigenvalue weighted by molar-refractivity contribution is -0.141. The van der Waals surface area contributed by atoms with E-state index < -0.39 is 11.9 Å². The van der Waals surface area contributed by atoms with Crippen molar-refractivity contribution < 1.29 is 18.0 Å². The van der Waals surface area contributed by atoms with E-state index in [2.05, 4.69) is 35.0 Å². The van der Waals surface area contributed by atoms with E-state index in [4.69, 9.17) is 0 Å². The van der Waals surface area contributed by atoms with Crippen LogP contribution in [0.1, 0.15) is 32.9 Å². The average molecular weight is 377 g/mol. The Hall–Kier alpha value is -2.41. The van der Waals surface area contributed by atoms with E-state index in [-0.39, 0.29) is 17.2 Å². The summed E-state index contributed by atoms with van der Waals surface area (Å²) in [5, 5.41) is 0. The molecule has 0 radical (unpaired) electrons. The zero-order chi connectivity index (χ0) is 19.6. The van der Waals surface area contributed by atoms with E-state index in [1.165, 1.54) is 24.1 Å². The first-order valence-corrected chi connectivity index (χ1v) is 8.86. The smallest absolute Gasteiger partial charge is 0.336 e. The molecular formula is C20H22F3N3O. The van der Waals surface area contributed by atoms with Gasteiger partial charge in [-0.25, -0.2) is 4.98 Å². The largest absolute Gasteiger partial charge is 0.433 e. The molecule has 1 saturated heterocycles. The molecule has 27 heavy (non-hydrogen) atoms. The van der Waals surface area contributed by atoms with Crippen LogP contribution in [0.3, 0.4) is 0 Å². The first kappa shape index (κ1) is 19.4. The highest BCUT2D eigenvalue weighted by Crippen LogP contribution is 2.28. The number of aryl methyl sites for hydroxylation is 2. The third-order valence-corrected chi connectivity index (χ3v) is 4.75. The third kappa shape index (κ3) is 4.66. The van der Waals surface area contributed by atoms with E-state index in [1.54, 1.807) is 4.90 Å². The number of hydrogen-bond donors (Lipinski definition) is 0. The molecule has 3 rings (SSSR count). The molecule has 1 aromatic carbocycles. The van der Waals surface area contributed by atoms with Crippen LogP contribution in [0.4, 0.5) is 13.2 Å². The summed E-state index contributed by atoms with van der Waals surface area (Å²) < 4.78 is 38.2. The summed E-state index contributed by atoms with van der Waals surface area (Å²) in [6.45, 7) is 6.87. The second-order valence-corrected chi connectivity index (χ2v) is 6.88. The maximum atomic E-state index is 12.7. The normalized spacial score (nSPS) is 15.8. The number of nitrogens with zero attached hydrogens (tertiary/aromatic N) is 3. The minimum Gasteiger partial charge on any atom is -0.336 e. The van der Waals surface area contributed by atoms with Crippen LogP contribution in [0.2, 0.25) is 0 Å². The topological polar surface area (TPSA) is 36.4 Å². The zero-order valence-corrected chi connectivity index (χ0v) is 15.4. The first-order valence-electron chi connectivity index (χ1n) is 8.86. The molecule has 1 amide bonds. The van der Waals surface area contributed by atoms with Gasteiger partial charge >= 0.3 is 6.18 Å². The predicted octanol–water partition coefficient (Wildman–Crippen LogP) is 3.68. The predicted molar refractivity (Wildman–Crippen MR) is 96.3 cm³/mol. The van der Waals surface area contributed by atoms with Crippen LogP contribution < -0.4 is 0 Å². The molecule has 0 atom stereocenters. The molecule has 1 aromatic heterocycles. The zero-order valence-electron chi connectivity index (χ0n) is 15.4. The van der Waals surface area contributed by atoms with E-state index >= 15 is 0 Å². The van der Waals surface area contributed by atoms with Gasteiger partial charge in [-0.2, -0.15) is 13.2 Å². The number of amides is 1. The van der Waals surface area contributed by atoms with Crippen molar-refractivity contribution in [3.8, 4) is 0 Å². The van der Waals surface area contributed by atoms with Crippen LogP contribution in [0, 0.1) is 13.8 Å². The van der Waals surface area contributed by atoms with Crippen LogP contribution in [0.15, 0.2) is 36.4 Å². The van der Waals surface area contributed by atoms with Crippen molar-refractivity contribution in [1.82, 2.24) is 14.8 Å². The average Bonchev–Trinajstić information content (AvgIpc) is 2.61. The third-order valence-electron chi connectivity index (χ3n) is 4.75. The van der Waals surface area contributed by atoms with Crippen molar-refractivity contribution in [2.24, 2.45) is 0 Å². The molecule has 0 bridgehead atoms. The van der Waals surface area contributed by atoms with Crippen molar-refractivity contribution in [2.45, 2.75) is 26.6 Å². The number of benzene rings is 1. The monoisotopic (exact) mass is 377 g/mol. The lowest BCUT2D eigenvalue weighted by atomic mass is 10.1. The number of halogens is 3. The fourth-order valence-corrected chi connectivity index (χ4v) is 3.29. The van der Waals surface area contributed by atoms with Gasteiger partial charge in [0.05, 0.1) is 11.3 Å². The fraction of sp³-hybridized carbons (Fsp3) is 0.400. The van der Waals surface area contributed by atoms with Crippen LogP contribution in [0.25, 0.3) is 0 Å². The molecule has 2 aromatic rings. The van der Waals surface area contributed by atoms with Gasteiger partial charge in [0.15, 0.2) is 0 Å². The van der Waals surface area contributed by atoms with Crippen LogP contribution in [-0.4, -0.2) is 46.9 Å². The summed E-state index contributed by atoms with van der Waals surface area (Å²) in [5.74, 6) is -0.260. The summed E-state index contributed by atoms with van der Waals surface area (Å²) in [5.41, 5.74) is 1.82. The van der Waals surface area contributed by atoms with E-state index in [1.807, 2.05) is 6.07 Å². The Morgan fingerprint density at radius 2 is 1.78 bits per heavy atom. The van der Waals surface area contributed by atoms with Gasteiger partial charge in [0.25, 0.3) is 5.91 Å². The highest BCUT2D eigenvalue weighted by molar-refractivity contribution is 5.95. The minimum atomic E-state index is -4.51. The van der Waals surface area contributed by atoms with E-state index in [0.29, 0.717) is 13.1 Å². The SMILES string of the molecule is Cc1cccc(CN2CCN(C(=O)c3ccc(C(F)(F)F)nc3C)CC2)c1. The van der Waals surface area contributed by atoms with Gasteiger partial charge in [-0.3, -0.25) is 9.69 Å². The van der Waals surface area contributed by atoms with Gasteiger partial charge in [-0.1, -0.05) is 29.8 Å². The molecule has 0 unspecified atom stereocenters. The van der Waals surface area contributed by atoms with Gasteiger partial charge in [-0.05, 0) is 31.5 Å². The van der Waals surface area contributed by atoms with Gasteiger partial charge in [0.1, 0.15) is 5.69 Å². The molecule has 1 aliphatic rings. The van der Waals surface area contributed by atoms with Crippen LogP contribution in [0.5, 0.6) is 0 Å². The molecule has 0 aliphatic carbocycles. The summed E-state index contributed by atoms with van der Waals surface area (Å²) in [6.07, 6.45) is -4.51. The Morgan fingerprint density at radius 1 is 1.07 bits per heavy atom. The van der Waals surface area contributed by atoms with Gasteiger partial charge in [-0.15, -0.1) is 0 Å². The summed E-state index contributed by atoms with van der Waals surface area (Å²) in [6, 6.07) is 10.4. The molecule has 7 heteroatoms. The van der Waals surface area contributed by atoms with E-state index in [9.17, 15) is 18.0 Å². The van der Waals surface area contributed by atoms with Crippen molar-refractivity contribution in [1.29, 1.82) is 0 Å². The Balaban J connectivity index is 1.61. The van der Waals surface area contributed by atoms with Crippen molar-refractivity contribution >= 4 is 5.91 Å². The number of alkyl halides is 3. The molecule has 4 nitrogen and oxygen atoms in total. The van der Waals surface area contributed by atoms with Crippen molar-refractivity contribution in [3.05, 3.63) is 64.5 Å². The molecule has 2 heterocycles. The van der Waals surface area contributed by atoms with Crippen LogP contribution in [-0.2, 0) is 12.7 Å². The molecule has 0 N–H and O–H groups in total. The molecule has 1 fully saturated rings. The number of hydrogen-bond acceptors (Lipinski definition) is 3. The lowest BCUT2D eigenvalue weighted by Gasteiger charge is -2.35. The lowest BCUT2D eigenvalue weighted by Crippen LogP contribution is -2.48. The minimum absolute atomic E-state index is 0.108.